The van der Waals surface area contributed by atoms with Gasteiger partial charge in [0, 0.05) is 0 Å². The third-order valence-corrected chi connectivity index (χ3v) is 2.19. The highest BCUT2D eigenvalue weighted by molar-refractivity contribution is 6.31. The molecule has 0 unspecified atom stereocenters. The van der Waals surface area contributed by atoms with Gasteiger partial charge in [0.15, 0.2) is 5.82 Å². The van der Waals surface area contributed by atoms with Crippen LogP contribution >= 0.6 is 11.6 Å². The Morgan fingerprint density at radius 1 is 1.44 bits per heavy atom. The van der Waals surface area contributed by atoms with Crippen LogP contribution in [0.4, 0.5) is 14.9 Å². The minimum Gasteiger partial charge on any atom is -0.465 e. The average molecular weight is 275 g/mol. The number of halogens is 2. The van der Waals surface area contributed by atoms with Crippen molar-refractivity contribution in [1.82, 2.24) is 5.32 Å². The SMILES string of the molecule is CCOC(=O)CNC(=O)Nc1cccc(Cl)c1F. The van der Waals surface area contributed by atoms with Crippen LogP contribution in [0, 0.1) is 5.82 Å². The molecule has 2 N–H and O–H groups in total. The van der Waals surface area contributed by atoms with Gasteiger partial charge < -0.3 is 15.4 Å². The molecule has 7 heteroatoms. The molecule has 0 aliphatic heterocycles. The number of carbonyl (C=O) groups is 2. The van der Waals surface area contributed by atoms with E-state index in [9.17, 15) is 14.0 Å². The van der Waals surface area contributed by atoms with Gasteiger partial charge in [-0.15, -0.1) is 0 Å². The number of ether oxygens (including phenoxy) is 1. The fourth-order valence-electron chi connectivity index (χ4n) is 1.13. The molecule has 0 spiro atoms. The molecule has 0 fully saturated rings. The average Bonchev–Trinajstić information content (AvgIpc) is 2.33. The molecule has 0 bridgehead atoms. The summed E-state index contributed by atoms with van der Waals surface area (Å²) in [5, 5.41) is 4.36. The molecule has 1 aromatic carbocycles. The number of esters is 1. The predicted octanol–water partition coefficient (Wildman–Crippen LogP) is 2.16. The molecule has 0 saturated heterocycles. The normalized spacial score (nSPS) is 9.72. The van der Waals surface area contributed by atoms with Crippen molar-refractivity contribution < 1.29 is 18.7 Å². The number of anilines is 1. The molecule has 18 heavy (non-hydrogen) atoms. The Kier molecular flexibility index (Phi) is 5.38. The molecule has 0 saturated carbocycles. The molecule has 0 atom stereocenters. The third-order valence-electron chi connectivity index (χ3n) is 1.90. The maximum atomic E-state index is 13.4. The molecule has 0 radical (unpaired) electrons. The summed E-state index contributed by atoms with van der Waals surface area (Å²) in [4.78, 5) is 22.3. The Balaban J connectivity index is 2.50. The number of hydrogen-bond donors (Lipinski definition) is 2. The lowest BCUT2D eigenvalue weighted by molar-refractivity contribution is -0.141. The highest BCUT2D eigenvalue weighted by Crippen LogP contribution is 2.21. The molecule has 5 nitrogen and oxygen atoms in total. The maximum absolute atomic E-state index is 13.4. The second-order valence-corrected chi connectivity index (χ2v) is 3.62. The van der Waals surface area contributed by atoms with Gasteiger partial charge in [-0.2, -0.15) is 0 Å². The zero-order valence-corrected chi connectivity index (χ0v) is 10.4. The molecule has 98 valence electrons. The summed E-state index contributed by atoms with van der Waals surface area (Å²) < 4.78 is 18.0. The first-order valence-electron chi connectivity index (χ1n) is 5.19. The summed E-state index contributed by atoms with van der Waals surface area (Å²) in [6, 6.07) is 3.49. The number of hydrogen-bond acceptors (Lipinski definition) is 3. The molecule has 0 heterocycles. The van der Waals surface area contributed by atoms with Gasteiger partial charge in [0.25, 0.3) is 0 Å². The van der Waals surface area contributed by atoms with E-state index < -0.39 is 17.8 Å². The minimum absolute atomic E-state index is 0.0659. The van der Waals surface area contributed by atoms with E-state index in [1.807, 2.05) is 0 Å². The van der Waals surface area contributed by atoms with Gasteiger partial charge in [0.1, 0.15) is 6.54 Å². The summed E-state index contributed by atoms with van der Waals surface area (Å²) in [5.74, 6) is -1.30. The van der Waals surface area contributed by atoms with Gasteiger partial charge in [-0.05, 0) is 19.1 Å². The number of rotatable bonds is 4. The van der Waals surface area contributed by atoms with Gasteiger partial charge in [-0.25, -0.2) is 9.18 Å². The molecule has 0 aliphatic carbocycles. The molecule has 1 rings (SSSR count). The molecular formula is C11H12ClFN2O3. The van der Waals surface area contributed by atoms with Gasteiger partial charge in [-0.3, -0.25) is 4.79 Å². The van der Waals surface area contributed by atoms with E-state index in [2.05, 4.69) is 15.4 Å². The molecular weight excluding hydrogens is 263 g/mol. The summed E-state index contributed by atoms with van der Waals surface area (Å²) in [6.45, 7) is 1.59. The number of benzene rings is 1. The van der Waals surface area contributed by atoms with Gasteiger partial charge in [0.05, 0.1) is 17.3 Å². The second-order valence-electron chi connectivity index (χ2n) is 3.21. The van der Waals surface area contributed by atoms with Crippen LogP contribution in [0.25, 0.3) is 0 Å². The van der Waals surface area contributed by atoms with Crippen LogP contribution in [0.5, 0.6) is 0 Å². The van der Waals surface area contributed by atoms with E-state index in [4.69, 9.17) is 11.6 Å². The van der Waals surface area contributed by atoms with Crippen molar-refractivity contribution in [3.8, 4) is 0 Å². The summed E-state index contributed by atoms with van der Waals surface area (Å²) >= 11 is 5.55. The fraction of sp³-hybridized carbons (Fsp3) is 0.273. The van der Waals surface area contributed by atoms with E-state index in [0.29, 0.717) is 0 Å². The Morgan fingerprint density at radius 3 is 2.83 bits per heavy atom. The first-order valence-corrected chi connectivity index (χ1v) is 5.57. The number of nitrogens with one attached hydrogen (secondary N) is 2. The maximum Gasteiger partial charge on any atom is 0.325 e. The van der Waals surface area contributed by atoms with E-state index >= 15 is 0 Å². The van der Waals surface area contributed by atoms with E-state index in [0.717, 1.165) is 0 Å². The number of urea groups is 1. The standard InChI is InChI=1S/C11H12ClFN2O3/c1-2-18-9(16)6-14-11(17)15-8-5-3-4-7(12)10(8)13/h3-5H,2,6H2,1H3,(H2,14,15,17). The minimum atomic E-state index is -0.731. The zero-order chi connectivity index (χ0) is 13.5. The van der Waals surface area contributed by atoms with Gasteiger partial charge >= 0.3 is 12.0 Å². The van der Waals surface area contributed by atoms with Gasteiger partial charge in [0.2, 0.25) is 0 Å². The van der Waals surface area contributed by atoms with E-state index in [-0.39, 0.29) is 23.9 Å². The topological polar surface area (TPSA) is 67.4 Å². The summed E-state index contributed by atoms with van der Waals surface area (Å²) in [6.07, 6.45) is 0. The Bertz CT molecular complexity index is 454. The Hall–Kier alpha value is -1.82. The second kappa shape index (κ2) is 6.80. The van der Waals surface area contributed by atoms with Crippen molar-refractivity contribution in [3.63, 3.8) is 0 Å². The quantitative estimate of drug-likeness (QED) is 0.827. The van der Waals surface area contributed by atoms with Crippen molar-refractivity contribution in [2.24, 2.45) is 0 Å². The molecule has 0 aromatic heterocycles. The molecule has 0 aliphatic rings. The lowest BCUT2D eigenvalue weighted by Crippen LogP contribution is -2.34. The van der Waals surface area contributed by atoms with Crippen LogP contribution in [0.2, 0.25) is 5.02 Å². The first kappa shape index (κ1) is 14.2. The summed E-state index contributed by atoms with van der Waals surface area (Å²) in [5.41, 5.74) is -0.0659. The fourth-order valence-corrected chi connectivity index (χ4v) is 1.31. The predicted molar refractivity (Wildman–Crippen MR) is 65.1 cm³/mol. The number of amides is 2. The van der Waals surface area contributed by atoms with Crippen LogP contribution in [-0.2, 0) is 9.53 Å². The van der Waals surface area contributed by atoms with Crippen LogP contribution in [0.3, 0.4) is 0 Å². The first-order chi connectivity index (χ1) is 8.54. The summed E-state index contributed by atoms with van der Waals surface area (Å²) in [7, 11) is 0. The van der Waals surface area contributed by atoms with Crippen LogP contribution < -0.4 is 10.6 Å². The van der Waals surface area contributed by atoms with Crippen LogP contribution in [0.15, 0.2) is 18.2 Å². The lowest BCUT2D eigenvalue weighted by Gasteiger charge is -2.08. The largest absolute Gasteiger partial charge is 0.465 e. The lowest BCUT2D eigenvalue weighted by atomic mass is 10.3. The van der Waals surface area contributed by atoms with Crippen molar-refractivity contribution in [1.29, 1.82) is 0 Å². The van der Waals surface area contributed by atoms with Crippen molar-refractivity contribution in [2.75, 3.05) is 18.5 Å². The smallest absolute Gasteiger partial charge is 0.325 e. The zero-order valence-electron chi connectivity index (χ0n) is 9.63. The van der Waals surface area contributed by atoms with Crippen molar-refractivity contribution in [2.45, 2.75) is 6.92 Å². The highest BCUT2D eigenvalue weighted by Gasteiger charge is 2.10. The third kappa shape index (κ3) is 4.21. The Labute approximate surface area is 108 Å². The van der Waals surface area contributed by atoms with Gasteiger partial charge in [-0.1, -0.05) is 17.7 Å². The van der Waals surface area contributed by atoms with Crippen molar-refractivity contribution in [3.05, 3.63) is 29.0 Å². The van der Waals surface area contributed by atoms with Crippen molar-refractivity contribution >= 4 is 29.3 Å². The van der Waals surface area contributed by atoms with E-state index in [1.165, 1.54) is 18.2 Å². The monoisotopic (exact) mass is 274 g/mol. The van der Waals surface area contributed by atoms with Crippen LogP contribution in [-0.4, -0.2) is 25.2 Å². The highest BCUT2D eigenvalue weighted by atomic mass is 35.5. The molecule has 2 amide bonds. The van der Waals surface area contributed by atoms with E-state index in [1.54, 1.807) is 6.92 Å². The Morgan fingerprint density at radius 2 is 2.17 bits per heavy atom. The number of carbonyl (C=O) groups excluding carboxylic acids is 2. The molecule has 1 aromatic rings. The van der Waals surface area contributed by atoms with Crippen LogP contribution in [0.1, 0.15) is 6.92 Å².